The molecule has 5 N–H and O–H groups in total. The Kier molecular flexibility index (Phi) is 14.1. The zero-order chi connectivity index (χ0) is 18.0. The topological polar surface area (TPSA) is 114 Å². The Balaban J connectivity index is 0.00000118. The zero-order valence-corrected chi connectivity index (χ0v) is 14.3. The molecule has 0 bridgehead atoms. The fraction of sp³-hybridized carbons (Fsp3) is 0.529. The van der Waals surface area contributed by atoms with Gasteiger partial charge in [-0.15, -0.1) is 0 Å². The summed E-state index contributed by atoms with van der Waals surface area (Å²) in [7, 11) is 0. The van der Waals surface area contributed by atoms with Gasteiger partial charge in [0.05, 0.1) is 6.61 Å². The standard InChI is InChI=1S/C16H26N2O2.CH3NO2/c1-2-3-4-5-6-10-13-20-16(19)18-17-14-15-11-8-7-9-12-15;2-1(3)4/h7-9,11-12,17H,2-6,10,13-14H2,1H3,(H,18,19);2H2,(H,3,4). The van der Waals surface area contributed by atoms with Crippen LogP contribution in [0.4, 0.5) is 9.59 Å². The minimum atomic E-state index is -1.33. The van der Waals surface area contributed by atoms with Crippen molar-refractivity contribution in [3.05, 3.63) is 35.9 Å². The van der Waals surface area contributed by atoms with Gasteiger partial charge in [0.2, 0.25) is 0 Å². The molecule has 1 aromatic carbocycles. The molecule has 0 saturated heterocycles. The number of amides is 2. The number of carboxylic acid groups (broad SMARTS) is 1. The first-order valence-corrected chi connectivity index (χ1v) is 8.24. The highest BCUT2D eigenvalue weighted by Crippen LogP contribution is 2.04. The number of unbranched alkanes of at least 4 members (excludes halogenated alkanes) is 5. The highest BCUT2D eigenvalue weighted by Gasteiger charge is 2.00. The molecule has 7 nitrogen and oxygen atoms in total. The first kappa shape index (κ1) is 21.7. The van der Waals surface area contributed by atoms with Crippen molar-refractivity contribution in [3.8, 4) is 0 Å². The van der Waals surface area contributed by atoms with Crippen LogP contribution in [0.2, 0.25) is 0 Å². The van der Waals surface area contributed by atoms with Crippen LogP contribution in [0.25, 0.3) is 0 Å². The molecule has 7 heteroatoms. The van der Waals surface area contributed by atoms with E-state index in [-0.39, 0.29) is 0 Å². The molecule has 0 aliphatic carbocycles. The SMILES string of the molecule is CCCCCCCCOC(=O)NNCc1ccccc1.NC(=O)O. The molecule has 0 spiro atoms. The Morgan fingerprint density at radius 2 is 1.67 bits per heavy atom. The molecule has 136 valence electrons. The van der Waals surface area contributed by atoms with Gasteiger partial charge in [-0.3, -0.25) is 5.43 Å². The lowest BCUT2D eigenvalue weighted by atomic mass is 10.1. The summed E-state index contributed by atoms with van der Waals surface area (Å²) >= 11 is 0. The van der Waals surface area contributed by atoms with Gasteiger partial charge in [0.1, 0.15) is 0 Å². The largest absolute Gasteiger partial charge is 0.465 e. The Morgan fingerprint density at radius 3 is 2.29 bits per heavy atom. The average molecular weight is 339 g/mol. The van der Waals surface area contributed by atoms with Gasteiger partial charge in [-0.1, -0.05) is 69.4 Å². The number of hydrazine groups is 1. The number of nitrogens with one attached hydrogen (secondary N) is 2. The van der Waals surface area contributed by atoms with Crippen molar-refractivity contribution in [1.29, 1.82) is 0 Å². The maximum absolute atomic E-state index is 11.4. The van der Waals surface area contributed by atoms with Crippen LogP contribution in [0.5, 0.6) is 0 Å². The molecule has 0 unspecified atom stereocenters. The second-order valence-corrected chi connectivity index (χ2v) is 5.21. The third-order valence-corrected chi connectivity index (χ3v) is 3.06. The molecule has 0 atom stereocenters. The Labute approximate surface area is 143 Å². The molecule has 0 heterocycles. The lowest BCUT2D eigenvalue weighted by Crippen LogP contribution is -2.37. The van der Waals surface area contributed by atoms with E-state index in [1.165, 1.54) is 25.7 Å². The van der Waals surface area contributed by atoms with Gasteiger partial charge >= 0.3 is 12.2 Å². The van der Waals surface area contributed by atoms with E-state index in [9.17, 15) is 4.79 Å². The second-order valence-electron chi connectivity index (χ2n) is 5.21. The Bertz CT molecular complexity index is 437. The molecule has 0 radical (unpaired) electrons. The number of carbonyl (C=O) groups excluding carboxylic acids is 1. The maximum atomic E-state index is 11.4. The maximum Gasteiger partial charge on any atom is 0.421 e. The summed E-state index contributed by atoms with van der Waals surface area (Å²) in [6.07, 6.45) is 5.39. The van der Waals surface area contributed by atoms with Crippen molar-refractivity contribution in [3.63, 3.8) is 0 Å². The Morgan fingerprint density at radius 1 is 1.08 bits per heavy atom. The molecular weight excluding hydrogens is 310 g/mol. The number of ether oxygens (including phenoxy) is 1. The van der Waals surface area contributed by atoms with E-state index >= 15 is 0 Å². The molecule has 24 heavy (non-hydrogen) atoms. The summed E-state index contributed by atoms with van der Waals surface area (Å²) < 4.78 is 5.07. The molecular formula is C17H29N3O4. The van der Waals surface area contributed by atoms with Gasteiger partial charge in [0, 0.05) is 6.54 Å². The van der Waals surface area contributed by atoms with E-state index in [0.29, 0.717) is 13.2 Å². The van der Waals surface area contributed by atoms with Gasteiger partial charge in [0.25, 0.3) is 0 Å². The summed E-state index contributed by atoms with van der Waals surface area (Å²) in [6.45, 7) is 3.29. The van der Waals surface area contributed by atoms with Gasteiger partial charge in [-0.2, -0.15) is 0 Å². The average Bonchev–Trinajstić information content (AvgIpc) is 2.54. The van der Waals surface area contributed by atoms with Crippen molar-refractivity contribution in [2.45, 2.75) is 52.0 Å². The van der Waals surface area contributed by atoms with Gasteiger partial charge < -0.3 is 15.6 Å². The zero-order valence-electron chi connectivity index (χ0n) is 14.3. The highest BCUT2D eigenvalue weighted by molar-refractivity contribution is 5.66. The molecule has 2 amide bonds. The number of carbonyl (C=O) groups is 2. The second kappa shape index (κ2) is 15.6. The van der Waals surface area contributed by atoms with Crippen LogP contribution in [0.15, 0.2) is 30.3 Å². The minimum absolute atomic E-state index is 0.408. The number of hydrogen-bond donors (Lipinski definition) is 4. The quantitative estimate of drug-likeness (QED) is 0.385. The normalized spacial score (nSPS) is 9.54. The van der Waals surface area contributed by atoms with Crippen LogP contribution in [0.3, 0.4) is 0 Å². The molecule has 0 aliphatic rings. The van der Waals surface area contributed by atoms with Crippen molar-refractivity contribution >= 4 is 12.2 Å². The van der Waals surface area contributed by atoms with Crippen LogP contribution in [-0.4, -0.2) is 23.9 Å². The van der Waals surface area contributed by atoms with Gasteiger partial charge in [0.15, 0.2) is 0 Å². The summed E-state index contributed by atoms with van der Waals surface area (Å²) in [5.41, 5.74) is 10.5. The van der Waals surface area contributed by atoms with E-state index in [1.807, 2.05) is 30.3 Å². The van der Waals surface area contributed by atoms with Crippen LogP contribution < -0.4 is 16.6 Å². The highest BCUT2D eigenvalue weighted by atomic mass is 16.6. The van der Waals surface area contributed by atoms with E-state index in [4.69, 9.17) is 14.6 Å². The summed E-state index contributed by atoms with van der Waals surface area (Å²) in [5, 5.41) is 7.19. The summed E-state index contributed by atoms with van der Waals surface area (Å²) in [5.74, 6) is 0. The molecule has 0 aromatic heterocycles. The Hall–Kier alpha value is -2.28. The fourth-order valence-electron chi connectivity index (χ4n) is 1.90. The minimum Gasteiger partial charge on any atom is -0.465 e. The van der Waals surface area contributed by atoms with Crippen LogP contribution in [-0.2, 0) is 11.3 Å². The number of primary amides is 1. The first-order valence-electron chi connectivity index (χ1n) is 8.24. The van der Waals surface area contributed by atoms with Crippen LogP contribution in [0.1, 0.15) is 51.0 Å². The summed E-state index contributed by atoms with van der Waals surface area (Å²) in [4.78, 5) is 20.2. The number of nitrogens with two attached hydrogens (primary N) is 1. The number of benzene rings is 1. The molecule has 1 rings (SSSR count). The van der Waals surface area contributed by atoms with Crippen molar-refractivity contribution in [2.24, 2.45) is 5.73 Å². The van der Waals surface area contributed by atoms with Gasteiger partial charge in [-0.25, -0.2) is 15.0 Å². The van der Waals surface area contributed by atoms with E-state index < -0.39 is 12.2 Å². The third-order valence-electron chi connectivity index (χ3n) is 3.06. The molecule has 1 aromatic rings. The van der Waals surface area contributed by atoms with Crippen molar-refractivity contribution in [1.82, 2.24) is 10.9 Å². The van der Waals surface area contributed by atoms with Crippen molar-refractivity contribution < 1.29 is 19.4 Å². The first-order chi connectivity index (χ1) is 11.6. The monoisotopic (exact) mass is 339 g/mol. The van der Waals surface area contributed by atoms with Crippen LogP contribution in [0, 0.1) is 0 Å². The van der Waals surface area contributed by atoms with Gasteiger partial charge in [-0.05, 0) is 12.0 Å². The number of rotatable bonds is 10. The predicted molar refractivity (Wildman–Crippen MR) is 93.4 cm³/mol. The fourth-order valence-corrected chi connectivity index (χ4v) is 1.90. The van der Waals surface area contributed by atoms with E-state index in [0.717, 1.165) is 18.4 Å². The lowest BCUT2D eigenvalue weighted by molar-refractivity contribution is 0.139. The molecule has 0 fully saturated rings. The van der Waals surface area contributed by atoms with E-state index in [2.05, 4.69) is 23.5 Å². The predicted octanol–water partition coefficient (Wildman–Crippen LogP) is 3.40. The summed E-state index contributed by atoms with van der Waals surface area (Å²) in [6, 6.07) is 9.89. The third kappa shape index (κ3) is 16.1. The number of hydrogen-bond acceptors (Lipinski definition) is 4. The van der Waals surface area contributed by atoms with Crippen molar-refractivity contribution in [2.75, 3.05) is 6.61 Å². The molecule has 0 aliphatic heterocycles. The van der Waals surface area contributed by atoms with Crippen LogP contribution >= 0.6 is 0 Å². The van der Waals surface area contributed by atoms with E-state index in [1.54, 1.807) is 0 Å². The lowest BCUT2D eigenvalue weighted by Gasteiger charge is -2.08. The smallest absolute Gasteiger partial charge is 0.421 e. The molecule has 0 saturated carbocycles.